The number of nitrogens with zero attached hydrogens (tertiary/aromatic N) is 4. The van der Waals surface area contributed by atoms with Crippen LogP contribution in [0.4, 0.5) is 4.79 Å². The van der Waals surface area contributed by atoms with E-state index in [2.05, 4.69) is 31.6 Å². The van der Waals surface area contributed by atoms with Gasteiger partial charge in [0.15, 0.2) is 0 Å². The van der Waals surface area contributed by atoms with E-state index < -0.39 is 23.3 Å². The molecule has 1 saturated heterocycles. The molecule has 37 heavy (non-hydrogen) atoms. The van der Waals surface area contributed by atoms with Crippen molar-refractivity contribution >= 4 is 51.1 Å². The third kappa shape index (κ3) is 6.43. The van der Waals surface area contributed by atoms with Crippen molar-refractivity contribution in [3.63, 3.8) is 0 Å². The molecule has 1 atom stereocenters. The minimum Gasteiger partial charge on any atom is -0.444 e. The summed E-state index contributed by atoms with van der Waals surface area (Å²) in [6, 6.07) is 11.5. The molecule has 0 radical (unpaired) electrons. The summed E-state index contributed by atoms with van der Waals surface area (Å²) >= 11 is 16.0. The molecule has 0 saturated carbocycles. The fourth-order valence-corrected chi connectivity index (χ4v) is 4.89. The van der Waals surface area contributed by atoms with Gasteiger partial charge in [-0.2, -0.15) is 0 Å². The Hall–Kier alpha value is -2.66. The Morgan fingerprint density at radius 3 is 2.54 bits per heavy atom. The van der Waals surface area contributed by atoms with Crippen LogP contribution in [0.1, 0.15) is 32.0 Å². The second-order valence-corrected chi connectivity index (χ2v) is 11.6. The number of hydrogen-bond donors (Lipinski definition) is 2. The predicted octanol–water partition coefficient (Wildman–Crippen LogP) is 4.50. The molecule has 2 amide bonds. The van der Waals surface area contributed by atoms with Crippen LogP contribution in [0.15, 0.2) is 53.1 Å². The predicted molar refractivity (Wildman–Crippen MR) is 143 cm³/mol. The average Bonchev–Trinajstić information content (AvgIpc) is 3.26. The van der Waals surface area contributed by atoms with Crippen LogP contribution in [0.5, 0.6) is 0 Å². The zero-order valence-corrected chi connectivity index (χ0v) is 23.5. The van der Waals surface area contributed by atoms with Gasteiger partial charge in [0, 0.05) is 15.9 Å². The number of aromatic nitrogens is 3. The quantitative estimate of drug-likeness (QED) is 0.425. The van der Waals surface area contributed by atoms with Crippen LogP contribution in [0.2, 0.25) is 10.0 Å². The highest BCUT2D eigenvalue weighted by Crippen LogP contribution is 2.32. The van der Waals surface area contributed by atoms with Crippen LogP contribution in [-0.4, -0.2) is 61.7 Å². The zero-order valence-electron chi connectivity index (χ0n) is 20.4. The summed E-state index contributed by atoms with van der Waals surface area (Å²) in [5.74, 6) is -0.376. The summed E-state index contributed by atoms with van der Waals surface area (Å²) < 4.78 is 7.64. The molecule has 0 aliphatic carbocycles. The number of ether oxygens (including phenoxy) is 1. The molecule has 12 heteroatoms. The van der Waals surface area contributed by atoms with Gasteiger partial charge < -0.3 is 20.1 Å². The fourth-order valence-electron chi connectivity index (χ4n) is 3.92. The van der Waals surface area contributed by atoms with Gasteiger partial charge in [0.05, 0.1) is 30.0 Å². The van der Waals surface area contributed by atoms with Crippen LogP contribution in [0.3, 0.4) is 0 Å². The number of carbonyl (C=O) groups is 2. The van der Waals surface area contributed by atoms with Gasteiger partial charge in [0.2, 0.25) is 5.91 Å². The molecular formula is C25H26BrCl2N5O4. The Kier molecular flexibility index (Phi) is 7.85. The molecule has 2 N–H and O–H groups in total. The van der Waals surface area contributed by atoms with Gasteiger partial charge in [-0.15, -0.1) is 5.10 Å². The molecule has 1 fully saturated rings. The number of hydrogen-bond acceptors (Lipinski definition) is 6. The molecule has 0 bridgehead atoms. The molecule has 3 aromatic rings. The Morgan fingerprint density at radius 1 is 1.19 bits per heavy atom. The molecule has 1 aliphatic heterocycles. The van der Waals surface area contributed by atoms with E-state index in [0.29, 0.717) is 27.0 Å². The van der Waals surface area contributed by atoms with E-state index in [4.69, 9.17) is 27.9 Å². The molecule has 1 unspecified atom stereocenters. The molecule has 9 nitrogen and oxygen atoms in total. The van der Waals surface area contributed by atoms with Crippen LogP contribution in [0.25, 0.3) is 5.69 Å². The number of carbonyl (C=O) groups excluding carboxylic acids is 2. The number of rotatable bonds is 6. The van der Waals surface area contributed by atoms with Crippen molar-refractivity contribution in [3.05, 3.63) is 74.4 Å². The van der Waals surface area contributed by atoms with Gasteiger partial charge in [-0.1, -0.05) is 62.5 Å². The van der Waals surface area contributed by atoms with Crippen molar-refractivity contribution in [1.82, 2.24) is 25.2 Å². The number of likely N-dealkylation sites (tertiary alicyclic amines) is 1. The number of amides is 2. The minimum atomic E-state index is -1.39. The fraction of sp³-hybridized carbons (Fsp3) is 0.360. The lowest BCUT2D eigenvalue weighted by Crippen LogP contribution is -2.65. The first-order valence-electron chi connectivity index (χ1n) is 11.5. The summed E-state index contributed by atoms with van der Waals surface area (Å²) in [5, 5.41) is 22.9. The Morgan fingerprint density at radius 2 is 1.89 bits per heavy atom. The van der Waals surface area contributed by atoms with Crippen molar-refractivity contribution in [1.29, 1.82) is 0 Å². The summed E-state index contributed by atoms with van der Waals surface area (Å²) in [7, 11) is 0. The van der Waals surface area contributed by atoms with Gasteiger partial charge in [0.1, 0.15) is 22.9 Å². The van der Waals surface area contributed by atoms with E-state index in [1.54, 1.807) is 63.4 Å². The molecule has 4 rings (SSSR count). The first-order valence-corrected chi connectivity index (χ1v) is 13.0. The number of aliphatic hydroxyl groups is 1. The van der Waals surface area contributed by atoms with Gasteiger partial charge in [0.25, 0.3) is 0 Å². The molecule has 0 spiro atoms. The first kappa shape index (κ1) is 27.4. The summed E-state index contributed by atoms with van der Waals surface area (Å²) in [6.07, 6.45) is 1.02. The average molecular weight is 611 g/mol. The van der Waals surface area contributed by atoms with Crippen molar-refractivity contribution in [3.8, 4) is 5.69 Å². The van der Waals surface area contributed by atoms with E-state index in [9.17, 15) is 14.7 Å². The number of halogens is 3. The number of alkyl carbamates (subject to hydrolysis) is 1. The standard InChI is InChI=1S/C25H26BrCl2N5O4/c1-24(2,3)37-23(35)29-19(10-15-6-4-5-7-17(15)27)22(34)32-13-25(36,14-32)21-12-33(31-30-21)20-9-8-16(26)11-18(20)28/h4-9,11-12,19,36H,10,13-14H2,1-3H3,(H,29,35). The highest BCUT2D eigenvalue weighted by molar-refractivity contribution is 9.10. The Balaban J connectivity index is 1.48. The van der Waals surface area contributed by atoms with Crippen molar-refractivity contribution in [2.45, 2.75) is 44.4 Å². The minimum absolute atomic E-state index is 0.0202. The molecule has 2 aromatic carbocycles. The summed E-state index contributed by atoms with van der Waals surface area (Å²) in [4.78, 5) is 27.3. The normalized spacial score (nSPS) is 15.6. The Bertz CT molecular complexity index is 1320. The third-order valence-electron chi connectivity index (χ3n) is 5.71. The maximum absolute atomic E-state index is 13.4. The molecule has 2 heterocycles. The van der Waals surface area contributed by atoms with Crippen LogP contribution in [0, 0.1) is 0 Å². The smallest absolute Gasteiger partial charge is 0.408 e. The number of benzene rings is 2. The highest BCUT2D eigenvalue weighted by atomic mass is 79.9. The van der Waals surface area contributed by atoms with E-state index in [0.717, 1.165) is 4.47 Å². The lowest BCUT2D eigenvalue weighted by molar-refractivity contribution is -0.160. The second-order valence-electron chi connectivity index (χ2n) is 9.86. The monoisotopic (exact) mass is 609 g/mol. The van der Waals surface area contributed by atoms with Crippen LogP contribution >= 0.6 is 39.1 Å². The topological polar surface area (TPSA) is 110 Å². The van der Waals surface area contributed by atoms with Crippen molar-refractivity contribution in [2.24, 2.45) is 0 Å². The third-order valence-corrected chi connectivity index (χ3v) is 6.88. The molecule has 196 valence electrons. The Labute approximate surface area is 232 Å². The van der Waals surface area contributed by atoms with Gasteiger partial charge in [-0.3, -0.25) is 4.79 Å². The molecule has 1 aromatic heterocycles. The maximum atomic E-state index is 13.4. The van der Waals surface area contributed by atoms with Gasteiger partial charge in [-0.05, 0) is 50.6 Å². The zero-order chi connectivity index (χ0) is 27.0. The summed E-state index contributed by atoms with van der Waals surface area (Å²) in [5.41, 5.74) is -0.526. The van der Waals surface area contributed by atoms with E-state index in [-0.39, 0.29) is 25.4 Å². The summed E-state index contributed by atoms with van der Waals surface area (Å²) in [6.45, 7) is 5.17. The highest BCUT2D eigenvalue weighted by Gasteiger charge is 2.48. The van der Waals surface area contributed by atoms with Crippen molar-refractivity contribution < 1.29 is 19.4 Å². The second kappa shape index (κ2) is 10.6. The first-order chi connectivity index (χ1) is 17.3. The van der Waals surface area contributed by atoms with Gasteiger partial charge >= 0.3 is 6.09 Å². The largest absolute Gasteiger partial charge is 0.444 e. The van der Waals surface area contributed by atoms with Gasteiger partial charge in [-0.25, -0.2) is 9.48 Å². The SMILES string of the molecule is CC(C)(C)OC(=O)NC(Cc1ccccc1Cl)C(=O)N1CC(O)(c2cn(-c3ccc(Br)cc3Cl)nn2)C1. The van der Waals surface area contributed by atoms with Crippen molar-refractivity contribution in [2.75, 3.05) is 13.1 Å². The molecule has 1 aliphatic rings. The maximum Gasteiger partial charge on any atom is 0.408 e. The lowest BCUT2D eigenvalue weighted by atomic mass is 9.89. The van der Waals surface area contributed by atoms with E-state index in [1.807, 2.05) is 6.07 Å². The lowest BCUT2D eigenvalue weighted by Gasteiger charge is -2.46. The number of β-amino-alcohol motifs (C(OH)–C–C–N with tert-alkyl or cyclic N) is 1. The molecular weight excluding hydrogens is 585 g/mol. The number of nitrogens with one attached hydrogen (secondary N) is 1. The van der Waals surface area contributed by atoms with E-state index >= 15 is 0 Å². The van der Waals surface area contributed by atoms with Crippen LogP contribution < -0.4 is 5.32 Å². The van der Waals surface area contributed by atoms with Crippen LogP contribution in [-0.2, 0) is 21.6 Å². The van der Waals surface area contributed by atoms with E-state index in [1.165, 1.54) is 9.58 Å².